The van der Waals surface area contributed by atoms with Gasteiger partial charge in [0.15, 0.2) is 0 Å². The molecule has 106 valence electrons. The summed E-state index contributed by atoms with van der Waals surface area (Å²) >= 11 is 0. The first-order valence-electron chi connectivity index (χ1n) is 7.31. The van der Waals surface area contributed by atoms with Gasteiger partial charge >= 0.3 is 5.97 Å². The number of rotatable bonds is 1. The number of aryl methyl sites for hydroxylation is 4. The molecule has 6 rings (SSSR count). The molecule has 0 aliphatic heterocycles. The molecule has 0 unspecified atom stereocenters. The summed E-state index contributed by atoms with van der Waals surface area (Å²) in [5, 5.41) is 9.33. The Morgan fingerprint density at radius 3 is 1.48 bits per heavy atom. The molecule has 0 fully saturated rings. The largest absolute Gasteiger partial charge is 0.478 e. The van der Waals surface area contributed by atoms with Gasteiger partial charge in [-0.25, -0.2) is 4.79 Å². The minimum atomic E-state index is -0.874. The van der Waals surface area contributed by atoms with Gasteiger partial charge in [-0.1, -0.05) is 42.5 Å². The molecule has 21 heavy (non-hydrogen) atoms. The van der Waals surface area contributed by atoms with Crippen LogP contribution >= 0.6 is 0 Å². The van der Waals surface area contributed by atoms with Crippen molar-refractivity contribution in [2.75, 3.05) is 0 Å². The molecule has 2 heteroatoms. The van der Waals surface area contributed by atoms with Crippen molar-refractivity contribution in [1.82, 2.24) is 0 Å². The highest BCUT2D eigenvalue weighted by atomic mass is 16.4. The Morgan fingerprint density at radius 1 is 0.667 bits per heavy atom. The van der Waals surface area contributed by atoms with Gasteiger partial charge in [-0.05, 0) is 60.1 Å². The normalized spacial score (nSPS) is 13.3. The second-order valence-electron chi connectivity index (χ2n) is 5.54. The summed E-state index contributed by atoms with van der Waals surface area (Å²) in [6, 6.07) is 18.1. The van der Waals surface area contributed by atoms with Crippen molar-refractivity contribution in [3.63, 3.8) is 0 Å². The number of aromatic carboxylic acids is 1. The van der Waals surface area contributed by atoms with Crippen LogP contribution in [-0.4, -0.2) is 11.1 Å². The molecule has 1 aromatic carbocycles. The third-order valence-corrected chi connectivity index (χ3v) is 4.00. The fourth-order valence-corrected chi connectivity index (χ4v) is 2.67. The van der Waals surface area contributed by atoms with E-state index in [2.05, 4.69) is 30.3 Å². The van der Waals surface area contributed by atoms with E-state index in [1.54, 1.807) is 12.1 Å². The number of hydrogen-bond donors (Lipinski definition) is 1. The van der Waals surface area contributed by atoms with Crippen molar-refractivity contribution >= 4 is 5.97 Å². The Kier molecular flexibility index (Phi) is 3.87. The van der Waals surface area contributed by atoms with Crippen molar-refractivity contribution in [3.8, 4) is 0 Å². The highest BCUT2D eigenvalue weighted by Crippen LogP contribution is 2.15. The van der Waals surface area contributed by atoms with Gasteiger partial charge in [0.25, 0.3) is 0 Å². The lowest BCUT2D eigenvalue weighted by molar-refractivity contribution is 0.0697. The summed E-state index contributed by atoms with van der Waals surface area (Å²) in [6.45, 7) is 0. The Morgan fingerprint density at radius 2 is 1.05 bits per heavy atom. The van der Waals surface area contributed by atoms with Crippen LogP contribution in [-0.2, 0) is 25.7 Å². The average molecular weight is 278 g/mol. The molecule has 0 aromatic heterocycles. The molecule has 0 heterocycles. The van der Waals surface area contributed by atoms with E-state index in [9.17, 15) is 9.90 Å². The molecule has 2 nitrogen and oxygen atoms in total. The number of hydrogen-bond acceptors (Lipinski definition) is 1. The van der Waals surface area contributed by atoms with Crippen LogP contribution < -0.4 is 0 Å². The Hall–Kier alpha value is -2.35. The monoisotopic (exact) mass is 278 g/mol. The molecule has 0 saturated carbocycles. The van der Waals surface area contributed by atoms with Gasteiger partial charge in [0.05, 0.1) is 5.56 Å². The first-order valence-corrected chi connectivity index (χ1v) is 7.31. The summed E-state index contributed by atoms with van der Waals surface area (Å²) in [6.07, 6.45) is 3.82. The smallest absolute Gasteiger partial charge is 0.335 e. The van der Waals surface area contributed by atoms with Crippen LogP contribution in [0.5, 0.6) is 0 Å². The van der Waals surface area contributed by atoms with Gasteiger partial charge in [-0.2, -0.15) is 0 Å². The lowest BCUT2D eigenvalue weighted by Gasteiger charge is -2.08. The molecule has 1 N–H and O–H groups in total. The third kappa shape index (κ3) is 3.40. The maximum Gasteiger partial charge on any atom is 0.335 e. The van der Waals surface area contributed by atoms with Crippen LogP contribution in [0.1, 0.15) is 32.6 Å². The number of carboxylic acid groups (broad SMARTS) is 1. The van der Waals surface area contributed by atoms with Crippen LogP contribution in [0.2, 0.25) is 0 Å². The maximum absolute atomic E-state index is 11.4. The van der Waals surface area contributed by atoms with Gasteiger partial charge in [-0.3, -0.25) is 0 Å². The molecule has 0 spiro atoms. The molecule has 4 bridgehead atoms. The lowest BCUT2D eigenvalue weighted by Crippen LogP contribution is -2.00. The van der Waals surface area contributed by atoms with E-state index in [-0.39, 0.29) is 0 Å². The zero-order valence-corrected chi connectivity index (χ0v) is 11.9. The molecule has 0 amide bonds. The molecule has 0 radical (unpaired) electrons. The first kappa shape index (κ1) is 13.6. The Bertz CT molecular complexity index is 702. The average Bonchev–Trinajstić information content (AvgIpc) is 2.51. The number of carbonyl (C=O) groups is 1. The SMILES string of the molecule is O=C(O)c1ccc2ccc(ccc3ccc(c1)CC3)CC2. The van der Waals surface area contributed by atoms with E-state index in [1.807, 2.05) is 12.1 Å². The van der Waals surface area contributed by atoms with E-state index in [0.29, 0.717) is 5.56 Å². The molecule has 0 saturated heterocycles. The Labute approximate surface area is 124 Å². The van der Waals surface area contributed by atoms with Crippen molar-refractivity contribution < 1.29 is 9.90 Å². The van der Waals surface area contributed by atoms with Crippen LogP contribution in [0.3, 0.4) is 0 Å². The van der Waals surface area contributed by atoms with Crippen molar-refractivity contribution in [2.24, 2.45) is 0 Å². The fraction of sp³-hybridized carbons (Fsp3) is 0.211. The summed E-state index contributed by atoms with van der Waals surface area (Å²) in [5.74, 6) is -0.874. The van der Waals surface area contributed by atoms with Crippen molar-refractivity contribution in [3.05, 3.63) is 82.4 Å². The summed E-state index contributed by atoms with van der Waals surface area (Å²) in [4.78, 5) is 11.4. The van der Waals surface area contributed by atoms with Crippen LogP contribution in [0.15, 0.2) is 54.6 Å². The second kappa shape index (κ2) is 5.96. The molecule has 5 aliphatic rings. The Balaban J connectivity index is 2.25. The highest BCUT2D eigenvalue weighted by Gasteiger charge is 2.05. The topological polar surface area (TPSA) is 37.3 Å². The van der Waals surface area contributed by atoms with E-state index in [4.69, 9.17) is 0 Å². The van der Waals surface area contributed by atoms with E-state index < -0.39 is 5.97 Å². The predicted octanol–water partition coefficient (Wildman–Crippen LogP) is 3.83. The standard InChI is InChI=1S/C19H18O2/c20-19(21)18-12-11-16-5-3-14(4-6-16)1-2-15-7-9-17(13-18)10-8-15/h1-3,5,7,9,11-13H,4,6,8,10H2,(H,20,21). The quantitative estimate of drug-likeness (QED) is 0.847. The molecule has 1 aromatic rings. The molecule has 0 atom stereocenters. The predicted molar refractivity (Wildman–Crippen MR) is 83.5 cm³/mol. The van der Waals surface area contributed by atoms with E-state index in [0.717, 1.165) is 31.2 Å². The summed E-state index contributed by atoms with van der Waals surface area (Å²) in [7, 11) is 0. The zero-order valence-electron chi connectivity index (χ0n) is 11.9. The molecular formula is C19H18O2. The summed E-state index contributed by atoms with van der Waals surface area (Å²) in [5.41, 5.74) is 5.22. The minimum Gasteiger partial charge on any atom is -0.478 e. The molecular weight excluding hydrogens is 260 g/mol. The number of carboxylic acids is 1. The highest BCUT2D eigenvalue weighted by molar-refractivity contribution is 5.87. The van der Waals surface area contributed by atoms with Crippen LogP contribution in [0.4, 0.5) is 0 Å². The lowest BCUT2D eigenvalue weighted by atomic mass is 9.97. The van der Waals surface area contributed by atoms with Gasteiger partial charge in [0.2, 0.25) is 0 Å². The second-order valence-corrected chi connectivity index (χ2v) is 5.54. The molecule has 5 aliphatic carbocycles. The van der Waals surface area contributed by atoms with Crippen molar-refractivity contribution in [1.29, 1.82) is 0 Å². The van der Waals surface area contributed by atoms with Crippen molar-refractivity contribution in [2.45, 2.75) is 25.7 Å². The van der Waals surface area contributed by atoms with Gasteiger partial charge < -0.3 is 5.11 Å². The third-order valence-electron chi connectivity index (χ3n) is 4.00. The van der Waals surface area contributed by atoms with Gasteiger partial charge in [0, 0.05) is 0 Å². The fourth-order valence-electron chi connectivity index (χ4n) is 2.67. The van der Waals surface area contributed by atoms with E-state index in [1.165, 1.54) is 16.7 Å². The minimum absolute atomic E-state index is 0.348. The van der Waals surface area contributed by atoms with Crippen LogP contribution in [0.25, 0.3) is 0 Å². The van der Waals surface area contributed by atoms with Gasteiger partial charge in [0.1, 0.15) is 0 Å². The first-order chi connectivity index (χ1) is 10.2. The summed E-state index contributed by atoms with van der Waals surface area (Å²) < 4.78 is 0. The van der Waals surface area contributed by atoms with Crippen LogP contribution in [0, 0.1) is 0 Å². The maximum atomic E-state index is 11.4. The van der Waals surface area contributed by atoms with E-state index >= 15 is 0 Å². The zero-order chi connectivity index (χ0) is 14.7. The van der Waals surface area contributed by atoms with Gasteiger partial charge in [-0.15, -0.1) is 0 Å².